The molecule has 0 amide bonds. The fourth-order valence-corrected chi connectivity index (χ4v) is 3.57. The molecule has 3 N–H and O–H groups in total. The molecule has 0 aliphatic rings. The highest BCUT2D eigenvalue weighted by Gasteiger charge is 2.17. The molecule has 0 unspecified atom stereocenters. The normalized spacial score (nSPS) is 11.3. The molecule has 0 atom stereocenters. The Kier molecular flexibility index (Phi) is 5.10. The van der Waals surface area contributed by atoms with E-state index in [-0.39, 0.29) is 11.8 Å². The van der Waals surface area contributed by atoms with E-state index >= 15 is 0 Å². The molecule has 0 radical (unpaired) electrons. The molecule has 0 aliphatic heterocycles. The molecule has 140 valence electrons. The van der Waals surface area contributed by atoms with Gasteiger partial charge < -0.3 is 20.3 Å². The number of aromatic nitrogens is 2. The lowest BCUT2D eigenvalue weighted by molar-refractivity contribution is 0.433. The van der Waals surface area contributed by atoms with Crippen molar-refractivity contribution in [3.05, 3.63) is 60.3 Å². The van der Waals surface area contributed by atoms with Crippen LogP contribution < -0.4 is 15.9 Å². The molecule has 2 aromatic carbocycles. The highest BCUT2D eigenvalue weighted by atomic mass is 31.2. The van der Waals surface area contributed by atoms with Crippen molar-refractivity contribution in [2.75, 3.05) is 24.0 Å². The van der Waals surface area contributed by atoms with Gasteiger partial charge in [0.05, 0.1) is 11.9 Å². The summed E-state index contributed by atoms with van der Waals surface area (Å²) < 4.78 is 39.8. The van der Waals surface area contributed by atoms with E-state index in [0.29, 0.717) is 16.7 Å². The zero-order valence-corrected chi connectivity index (χ0v) is 15.5. The Bertz CT molecular complexity index is 1040. The first-order chi connectivity index (χ1) is 12.7. The first-order valence-electron chi connectivity index (χ1n) is 7.94. The van der Waals surface area contributed by atoms with Crippen LogP contribution in [0.2, 0.25) is 0 Å². The Morgan fingerprint density at radius 2 is 1.78 bits per heavy atom. The van der Waals surface area contributed by atoms with Gasteiger partial charge in [-0.1, -0.05) is 12.1 Å². The molecule has 9 heteroatoms. The van der Waals surface area contributed by atoms with Crippen molar-refractivity contribution in [2.24, 2.45) is 0 Å². The average Bonchev–Trinajstić information content (AvgIpc) is 2.61. The molecule has 27 heavy (non-hydrogen) atoms. The van der Waals surface area contributed by atoms with E-state index in [1.165, 1.54) is 6.07 Å². The van der Waals surface area contributed by atoms with Crippen molar-refractivity contribution in [1.82, 2.24) is 9.97 Å². The van der Waals surface area contributed by atoms with Crippen LogP contribution in [0.1, 0.15) is 0 Å². The standard InChI is InChI=1S/C18H17F2N4O2P/c1-27(2,26)16-6-4-3-5-14(16)23-17-13(20)10-21-18(24-17)22-11-7-8-12(19)15(25)9-11/h3-10,25H,1-2H3,(H2,21,22,23,24). The minimum absolute atomic E-state index is 0.0403. The van der Waals surface area contributed by atoms with Gasteiger partial charge >= 0.3 is 0 Å². The van der Waals surface area contributed by atoms with Crippen LogP contribution in [0.5, 0.6) is 5.75 Å². The predicted octanol–water partition coefficient (Wildman–Crippen LogP) is 4.20. The van der Waals surface area contributed by atoms with Gasteiger partial charge in [-0.3, -0.25) is 0 Å². The molecule has 1 aromatic heterocycles. The van der Waals surface area contributed by atoms with Crippen LogP contribution in [-0.2, 0) is 4.57 Å². The third kappa shape index (κ3) is 4.41. The van der Waals surface area contributed by atoms with Gasteiger partial charge in [0.25, 0.3) is 0 Å². The van der Waals surface area contributed by atoms with Gasteiger partial charge in [0.15, 0.2) is 23.2 Å². The van der Waals surface area contributed by atoms with Crippen LogP contribution in [0.4, 0.5) is 31.9 Å². The summed E-state index contributed by atoms with van der Waals surface area (Å²) in [5, 5.41) is 15.6. The number of anilines is 4. The summed E-state index contributed by atoms with van der Waals surface area (Å²) in [4.78, 5) is 7.90. The fraction of sp³-hybridized carbons (Fsp3) is 0.111. The predicted molar refractivity (Wildman–Crippen MR) is 102 cm³/mol. The number of para-hydroxylation sites is 1. The van der Waals surface area contributed by atoms with Crippen LogP contribution in [0.15, 0.2) is 48.7 Å². The number of phenolic OH excluding ortho intramolecular Hbond substituents is 1. The van der Waals surface area contributed by atoms with Crippen molar-refractivity contribution < 1.29 is 18.5 Å². The number of nitrogens with one attached hydrogen (secondary N) is 2. The lowest BCUT2D eigenvalue weighted by atomic mass is 10.3. The summed E-state index contributed by atoms with van der Waals surface area (Å²) in [5.41, 5.74) is 0.812. The van der Waals surface area contributed by atoms with Gasteiger partial charge in [-0.15, -0.1) is 0 Å². The van der Waals surface area contributed by atoms with E-state index in [9.17, 15) is 18.5 Å². The lowest BCUT2D eigenvalue weighted by Gasteiger charge is -2.15. The zero-order chi connectivity index (χ0) is 19.6. The Morgan fingerprint density at radius 1 is 1.04 bits per heavy atom. The van der Waals surface area contributed by atoms with Crippen LogP contribution in [0.25, 0.3) is 0 Å². The summed E-state index contributed by atoms with van der Waals surface area (Å²) in [7, 11) is -2.59. The number of phenols is 1. The van der Waals surface area contributed by atoms with Crippen molar-refractivity contribution in [3.8, 4) is 5.75 Å². The van der Waals surface area contributed by atoms with Crippen molar-refractivity contribution >= 4 is 35.6 Å². The van der Waals surface area contributed by atoms with E-state index in [2.05, 4.69) is 20.6 Å². The first-order valence-corrected chi connectivity index (χ1v) is 10.5. The first kappa shape index (κ1) is 18.8. The second kappa shape index (κ2) is 7.32. The quantitative estimate of drug-likeness (QED) is 0.566. The van der Waals surface area contributed by atoms with Crippen molar-refractivity contribution in [3.63, 3.8) is 0 Å². The Morgan fingerprint density at radius 3 is 2.48 bits per heavy atom. The molecule has 3 rings (SSSR count). The maximum absolute atomic E-state index is 14.2. The largest absolute Gasteiger partial charge is 0.505 e. The third-order valence-corrected chi connectivity index (χ3v) is 5.23. The molecule has 1 heterocycles. The minimum atomic E-state index is -2.59. The second-order valence-electron chi connectivity index (χ2n) is 6.17. The van der Waals surface area contributed by atoms with Crippen LogP contribution in [0.3, 0.4) is 0 Å². The summed E-state index contributed by atoms with van der Waals surface area (Å²) in [5.74, 6) is -2.06. The van der Waals surface area contributed by atoms with Gasteiger partial charge in [-0.05, 0) is 37.6 Å². The number of nitrogens with zero attached hydrogens (tertiary/aromatic N) is 2. The zero-order valence-electron chi connectivity index (χ0n) is 14.6. The number of rotatable bonds is 5. The molecule has 0 saturated heterocycles. The smallest absolute Gasteiger partial charge is 0.229 e. The van der Waals surface area contributed by atoms with Crippen molar-refractivity contribution in [1.29, 1.82) is 0 Å². The summed E-state index contributed by atoms with van der Waals surface area (Å²) in [6.45, 7) is 3.25. The molecule has 0 spiro atoms. The maximum Gasteiger partial charge on any atom is 0.229 e. The van der Waals surface area contributed by atoms with E-state index in [1.807, 2.05) is 0 Å². The number of aromatic hydroxyl groups is 1. The molecule has 3 aromatic rings. The molecule has 0 saturated carbocycles. The molecule has 0 bridgehead atoms. The highest BCUT2D eigenvalue weighted by Crippen LogP contribution is 2.38. The minimum Gasteiger partial charge on any atom is -0.505 e. The molecule has 0 fully saturated rings. The van der Waals surface area contributed by atoms with Crippen LogP contribution in [0, 0.1) is 11.6 Å². The van der Waals surface area contributed by atoms with Gasteiger partial charge in [-0.2, -0.15) is 4.98 Å². The Labute approximate surface area is 154 Å². The topological polar surface area (TPSA) is 87.1 Å². The Hall–Kier alpha value is -2.99. The highest BCUT2D eigenvalue weighted by molar-refractivity contribution is 7.70. The molecular weight excluding hydrogens is 373 g/mol. The van der Waals surface area contributed by atoms with Gasteiger partial charge in [0, 0.05) is 17.1 Å². The Balaban J connectivity index is 1.91. The van der Waals surface area contributed by atoms with Gasteiger partial charge in [-0.25, -0.2) is 13.8 Å². The molecule has 0 aliphatic carbocycles. The van der Waals surface area contributed by atoms with Crippen LogP contribution >= 0.6 is 7.14 Å². The summed E-state index contributed by atoms with van der Waals surface area (Å²) in [6, 6.07) is 10.5. The number of hydrogen-bond acceptors (Lipinski definition) is 6. The van der Waals surface area contributed by atoms with Crippen molar-refractivity contribution in [2.45, 2.75) is 0 Å². The third-order valence-electron chi connectivity index (χ3n) is 3.68. The summed E-state index contributed by atoms with van der Waals surface area (Å²) in [6.07, 6.45) is 0.973. The molecule has 6 nitrogen and oxygen atoms in total. The fourth-order valence-electron chi connectivity index (χ4n) is 2.41. The second-order valence-corrected chi connectivity index (χ2v) is 9.36. The molecular formula is C18H17F2N4O2P. The average molecular weight is 390 g/mol. The van der Waals surface area contributed by atoms with Gasteiger partial charge in [0.2, 0.25) is 5.95 Å². The van der Waals surface area contributed by atoms with E-state index < -0.39 is 24.5 Å². The van der Waals surface area contributed by atoms with E-state index in [1.54, 1.807) is 37.6 Å². The monoisotopic (exact) mass is 390 g/mol. The number of hydrogen-bond donors (Lipinski definition) is 3. The number of benzene rings is 2. The SMILES string of the molecule is CP(C)(=O)c1ccccc1Nc1nc(Nc2ccc(F)c(O)c2)ncc1F. The lowest BCUT2D eigenvalue weighted by Crippen LogP contribution is -2.11. The maximum atomic E-state index is 14.2. The van der Waals surface area contributed by atoms with Crippen LogP contribution in [-0.4, -0.2) is 28.4 Å². The number of halogens is 2. The van der Waals surface area contributed by atoms with Gasteiger partial charge in [0.1, 0.15) is 7.14 Å². The summed E-state index contributed by atoms with van der Waals surface area (Å²) >= 11 is 0. The van der Waals surface area contributed by atoms with E-state index in [0.717, 1.165) is 18.3 Å². The van der Waals surface area contributed by atoms with E-state index in [4.69, 9.17) is 0 Å².